The number of nitrogens with one attached hydrogen (secondary N) is 1. The van der Waals surface area contributed by atoms with Crippen LogP contribution >= 0.6 is 0 Å². The van der Waals surface area contributed by atoms with Crippen molar-refractivity contribution in [2.75, 3.05) is 18.9 Å². The maximum absolute atomic E-state index is 12.0. The van der Waals surface area contributed by atoms with E-state index in [1.54, 1.807) is 12.1 Å². The van der Waals surface area contributed by atoms with Crippen LogP contribution in [0, 0.1) is 0 Å². The van der Waals surface area contributed by atoms with E-state index in [1.807, 2.05) is 13.8 Å². The van der Waals surface area contributed by atoms with E-state index >= 15 is 0 Å². The van der Waals surface area contributed by atoms with E-state index in [0.29, 0.717) is 36.0 Å². The number of nitrogens with two attached hydrogens (primary N) is 1. The molecule has 0 aliphatic carbocycles. The largest absolute Gasteiger partial charge is 0.485 e. The number of anilines is 1. The molecule has 17 heavy (non-hydrogen) atoms. The predicted octanol–water partition coefficient (Wildman–Crippen LogP) is 1.18. The maximum atomic E-state index is 12.0. The minimum atomic E-state index is -0.179. The fourth-order valence-electron chi connectivity index (χ4n) is 1.68. The van der Waals surface area contributed by atoms with Gasteiger partial charge in [0, 0.05) is 6.04 Å². The van der Waals surface area contributed by atoms with Crippen LogP contribution in [-0.4, -0.2) is 25.2 Å². The first kappa shape index (κ1) is 11.6. The Balaban J connectivity index is 2.38. The molecule has 1 heterocycles. The van der Waals surface area contributed by atoms with Gasteiger partial charge in [0.2, 0.25) is 0 Å². The van der Waals surface area contributed by atoms with Gasteiger partial charge in [-0.3, -0.25) is 4.79 Å². The Morgan fingerprint density at radius 2 is 1.94 bits per heavy atom. The monoisotopic (exact) mass is 236 g/mol. The van der Waals surface area contributed by atoms with Crippen molar-refractivity contribution in [3.8, 4) is 11.5 Å². The number of benzene rings is 1. The first-order valence-electron chi connectivity index (χ1n) is 5.58. The highest BCUT2D eigenvalue weighted by Crippen LogP contribution is 2.38. The summed E-state index contributed by atoms with van der Waals surface area (Å²) in [6.45, 7) is 4.68. The standard InChI is InChI=1S/C12H16N2O3/c1-7(2)14-12(15)8-3-4-9(13)11-10(8)16-5-6-17-11/h3-4,7H,5-6,13H2,1-2H3,(H,14,15). The summed E-state index contributed by atoms with van der Waals surface area (Å²) in [5.74, 6) is 0.726. The zero-order chi connectivity index (χ0) is 12.4. The number of nitrogen functional groups attached to an aromatic ring is 1. The normalized spacial score (nSPS) is 13.6. The van der Waals surface area contributed by atoms with Gasteiger partial charge in [0.15, 0.2) is 11.5 Å². The lowest BCUT2D eigenvalue weighted by Crippen LogP contribution is -2.31. The predicted molar refractivity (Wildman–Crippen MR) is 64.4 cm³/mol. The number of ether oxygens (including phenoxy) is 2. The molecule has 5 nitrogen and oxygen atoms in total. The van der Waals surface area contributed by atoms with Gasteiger partial charge in [-0.25, -0.2) is 0 Å². The third-order valence-electron chi connectivity index (χ3n) is 2.38. The third-order valence-corrected chi connectivity index (χ3v) is 2.38. The molecule has 0 saturated carbocycles. The molecule has 1 aliphatic heterocycles. The number of hydrogen-bond donors (Lipinski definition) is 2. The molecule has 1 aromatic carbocycles. The summed E-state index contributed by atoms with van der Waals surface area (Å²) in [5.41, 5.74) is 6.72. The van der Waals surface area contributed by atoms with Gasteiger partial charge in [-0.05, 0) is 26.0 Å². The zero-order valence-electron chi connectivity index (χ0n) is 9.95. The van der Waals surface area contributed by atoms with Crippen LogP contribution in [0.5, 0.6) is 11.5 Å². The molecule has 92 valence electrons. The van der Waals surface area contributed by atoms with Gasteiger partial charge < -0.3 is 20.5 Å². The van der Waals surface area contributed by atoms with Gasteiger partial charge in [-0.2, -0.15) is 0 Å². The topological polar surface area (TPSA) is 73.6 Å². The minimum absolute atomic E-state index is 0.0696. The lowest BCUT2D eigenvalue weighted by Gasteiger charge is -2.22. The van der Waals surface area contributed by atoms with Gasteiger partial charge in [0.25, 0.3) is 5.91 Å². The molecule has 0 atom stereocenters. The van der Waals surface area contributed by atoms with Crippen LogP contribution in [0.4, 0.5) is 5.69 Å². The average molecular weight is 236 g/mol. The fourth-order valence-corrected chi connectivity index (χ4v) is 1.68. The molecule has 3 N–H and O–H groups in total. The number of carbonyl (C=O) groups is 1. The molecule has 5 heteroatoms. The molecule has 2 rings (SSSR count). The smallest absolute Gasteiger partial charge is 0.255 e. The minimum Gasteiger partial charge on any atom is -0.485 e. The molecule has 0 saturated heterocycles. The van der Waals surface area contributed by atoms with Gasteiger partial charge in [0.05, 0.1) is 11.3 Å². The van der Waals surface area contributed by atoms with Crippen molar-refractivity contribution in [1.82, 2.24) is 5.32 Å². The first-order chi connectivity index (χ1) is 8.09. The summed E-state index contributed by atoms with van der Waals surface area (Å²) in [5, 5.41) is 2.81. The van der Waals surface area contributed by atoms with Crippen molar-refractivity contribution >= 4 is 11.6 Å². The fraction of sp³-hybridized carbons (Fsp3) is 0.417. The van der Waals surface area contributed by atoms with Crippen LogP contribution in [0.15, 0.2) is 12.1 Å². The van der Waals surface area contributed by atoms with Gasteiger partial charge >= 0.3 is 0 Å². The van der Waals surface area contributed by atoms with Crippen LogP contribution in [0.3, 0.4) is 0 Å². The van der Waals surface area contributed by atoms with Crippen molar-refractivity contribution in [2.45, 2.75) is 19.9 Å². The summed E-state index contributed by atoms with van der Waals surface area (Å²) in [6.07, 6.45) is 0. The van der Waals surface area contributed by atoms with Crippen LogP contribution < -0.4 is 20.5 Å². The number of rotatable bonds is 2. The Morgan fingerprint density at radius 1 is 1.29 bits per heavy atom. The number of carbonyl (C=O) groups excluding carboxylic acids is 1. The Morgan fingerprint density at radius 3 is 2.59 bits per heavy atom. The third kappa shape index (κ3) is 2.27. The molecule has 1 aromatic rings. The lowest BCUT2D eigenvalue weighted by atomic mass is 10.1. The summed E-state index contributed by atoms with van der Waals surface area (Å²) >= 11 is 0. The Labute approximate surface area is 99.9 Å². The second-order valence-electron chi connectivity index (χ2n) is 4.19. The van der Waals surface area contributed by atoms with Crippen LogP contribution in [0.2, 0.25) is 0 Å². The van der Waals surface area contributed by atoms with E-state index in [9.17, 15) is 4.79 Å². The van der Waals surface area contributed by atoms with Crippen molar-refractivity contribution in [1.29, 1.82) is 0 Å². The van der Waals surface area contributed by atoms with Crippen molar-refractivity contribution < 1.29 is 14.3 Å². The molecule has 1 amide bonds. The molecule has 0 spiro atoms. The first-order valence-corrected chi connectivity index (χ1v) is 5.58. The summed E-state index contributed by atoms with van der Waals surface area (Å²) < 4.78 is 10.9. The lowest BCUT2D eigenvalue weighted by molar-refractivity contribution is 0.0932. The summed E-state index contributed by atoms with van der Waals surface area (Å²) in [4.78, 5) is 12.0. The highest BCUT2D eigenvalue weighted by atomic mass is 16.6. The number of hydrogen-bond acceptors (Lipinski definition) is 4. The number of amides is 1. The van der Waals surface area contributed by atoms with Crippen molar-refractivity contribution in [2.24, 2.45) is 0 Å². The van der Waals surface area contributed by atoms with E-state index in [-0.39, 0.29) is 11.9 Å². The molecule has 0 fully saturated rings. The summed E-state index contributed by atoms with van der Waals surface area (Å²) in [6, 6.07) is 3.38. The van der Waals surface area contributed by atoms with E-state index < -0.39 is 0 Å². The van der Waals surface area contributed by atoms with E-state index in [0.717, 1.165) is 0 Å². The average Bonchev–Trinajstić information content (AvgIpc) is 2.29. The highest BCUT2D eigenvalue weighted by molar-refractivity contribution is 5.99. The molecule has 0 radical (unpaired) electrons. The molecule has 0 unspecified atom stereocenters. The van der Waals surface area contributed by atoms with E-state index in [4.69, 9.17) is 15.2 Å². The number of fused-ring (bicyclic) bond motifs is 1. The van der Waals surface area contributed by atoms with Gasteiger partial charge in [0.1, 0.15) is 13.2 Å². The van der Waals surface area contributed by atoms with E-state index in [1.165, 1.54) is 0 Å². The second-order valence-corrected chi connectivity index (χ2v) is 4.19. The Hall–Kier alpha value is -1.91. The van der Waals surface area contributed by atoms with E-state index in [2.05, 4.69) is 5.32 Å². The van der Waals surface area contributed by atoms with Gasteiger partial charge in [-0.15, -0.1) is 0 Å². The van der Waals surface area contributed by atoms with Crippen LogP contribution in [0.25, 0.3) is 0 Å². The molecular weight excluding hydrogens is 220 g/mol. The van der Waals surface area contributed by atoms with Crippen molar-refractivity contribution in [3.63, 3.8) is 0 Å². The molecular formula is C12H16N2O3. The summed E-state index contributed by atoms with van der Waals surface area (Å²) in [7, 11) is 0. The second kappa shape index (κ2) is 4.53. The molecule has 0 bridgehead atoms. The highest BCUT2D eigenvalue weighted by Gasteiger charge is 2.23. The maximum Gasteiger partial charge on any atom is 0.255 e. The zero-order valence-corrected chi connectivity index (χ0v) is 9.95. The quantitative estimate of drug-likeness (QED) is 0.756. The molecule has 1 aliphatic rings. The molecule has 0 aromatic heterocycles. The van der Waals surface area contributed by atoms with Crippen LogP contribution in [-0.2, 0) is 0 Å². The van der Waals surface area contributed by atoms with Gasteiger partial charge in [-0.1, -0.05) is 0 Å². The van der Waals surface area contributed by atoms with Crippen LogP contribution in [0.1, 0.15) is 24.2 Å². The Kier molecular flexibility index (Phi) is 3.08. The van der Waals surface area contributed by atoms with Crippen molar-refractivity contribution in [3.05, 3.63) is 17.7 Å². The Bertz CT molecular complexity index is 444. The SMILES string of the molecule is CC(C)NC(=O)c1ccc(N)c2c1OCCO2.